The van der Waals surface area contributed by atoms with Crippen LogP contribution in [0.3, 0.4) is 0 Å². The lowest BCUT2D eigenvalue weighted by Gasteiger charge is -2.07. The van der Waals surface area contributed by atoms with E-state index in [0.29, 0.717) is 16.7 Å². The first-order valence-corrected chi connectivity index (χ1v) is 6.32. The van der Waals surface area contributed by atoms with Crippen LogP contribution in [-0.4, -0.2) is 9.97 Å². The van der Waals surface area contributed by atoms with E-state index in [9.17, 15) is 0 Å². The first kappa shape index (κ1) is 11.9. The Bertz CT molecular complexity index is 768. The van der Waals surface area contributed by atoms with Crippen molar-refractivity contribution in [2.45, 2.75) is 6.92 Å². The smallest absolute Gasteiger partial charge is 0.163 e. The van der Waals surface area contributed by atoms with Gasteiger partial charge in [0.1, 0.15) is 5.82 Å². The summed E-state index contributed by atoms with van der Waals surface area (Å²) in [5.74, 6) is 1.03. The molecule has 0 aliphatic carbocycles. The highest BCUT2D eigenvalue weighted by atomic mass is 35.5. The Labute approximate surface area is 116 Å². The molecule has 0 spiro atoms. The van der Waals surface area contributed by atoms with Crippen LogP contribution in [0.15, 0.2) is 42.5 Å². The Kier molecular flexibility index (Phi) is 2.84. The van der Waals surface area contributed by atoms with E-state index in [1.54, 1.807) is 0 Å². The molecule has 1 heterocycles. The molecule has 19 heavy (non-hydrogen) atoms. The van der Waals surface area contributed by atoms with E-state index in [2.05, 4.69) is 9.97 Å². The maximum atomic E-state index is 6.17. The Morgan fingerprint density at radius 1 is 1.05 bits per heavy atom. The molecule has 2 N–H and O–H groups in total. The summed E-state index contributed by atoms with van der Waals surface area (Å²) >= 11 is 6.17. The Morgan fingerprint density at radius 3 is 2.63 bits per heavy atom. The molecule has 94 valence electrons. The van der Waals surface area contributed by atoms with E-state index >= 15 is 0 Å². The van der Waals surface area contributed by atoms with E-state index in [0.717, 1.165) is 22.0 Å². The van der Waals surface area contributed by atoms with Gasteiger partial charge in [0.05, 0.1) is 10.5 Å². The number of fused-ring (bicyclic) bond motifs is 1. The Hall–Kier alpha value is -2.13. The molecule has 1 aromatic heterocycles. The molecule has 0 unspecified atom stereocenters. The molecule has 3 nitrogen and oxygen atoms in total. The number of hydrogen-bond acceptors (Lipinski definition) is 3. The van der Waals surface area contributed by atoms with Gasteiger partial charge in [-0.1, -0.05) is 35.4 Å². The monoisotopic (exact) mass is 269 g/mol. The number of nitrogen functional groups attached to an aromatic ring is 1. The van der Waals surface area contributed by atoms with Gasteiger partial charge >= 0.3 is 0 Å². The largest absolute Gasteiger partial charge is 0.383 e. The van der Waals surface area contributed by atoms with Gasteiger partial charge in [-0.2, -0.15) is 0 Å². The van der Waals surface area contributed by atoms with E-state index < -0.39 is 0 Å². The zero-order valence-corrected chi connectivity index (χ0v) is 11.1. The molecule has 0 aliphatic rings. The summed E-state index contributed by atoms with van der Waals surface area (Å²) in [5.41, 5.74) is 8.77. The Balaban J connectivity index is 2.27. The van der Waals surface area contributed by atoms with Gasteiger partial charge in [0, 0.05) is 10.9 Å². The van der Waals surface area contributed by atoms with Gasteiger partial charge in [-0.05, 0) is 31.2 Å². The number of aromatic nitrogens is 2. The van der Waals surface area contributed by atoms with Crippen LogP contribution in [0, 0.1) is 6.92 Å². The maximum absolute atomic E-state index is 6.17. The van der Waals surface area contributed by atoms with Crippen molar-refractivity contribution in [2.75, 3.05) is 5.73 Å². The minimum atomic E-state index is 0.476. The van der Waals surface area contributed by atoms with Gasteiger partial charge in [-0.25, -0.2) is 9.97 Å². The Morgan fingerprint density at radius 2 is 1.84 bits per heavy atom. The van der Waals surface area contributed by atoms with E-state index in [1.165, 1.54) is 0 Å². The molecule has 0 saturated carbocycles. The minimum Gasteiger partial charge on any atom is -0.383 e. The fraction of sp³-hybridized carbons (Fsp3) is 0.0667. The second-order valence-corrected chi connectivity index (χ2v) is 4.84. The van der Waals surface area contributed by atoms with Gasteiger partial charge in [0.2, 0.25) is 0 Å². The first-order valence-electron chi connectivity index (χ1n) is 5.94. The topological polar surface area (TPSA) is 51.8 Å². The van der Waals surface area contributed by atoms with Crippen molar-refractivity contribution in [2.24, 2.45) is 0 Å². The second-order valence-electron chi connectivity index (χ2n) is 4.43. The number of rotatable bonds is 1. The number of anilines is 1. The van der Waals surface area contributed by atoms with Crippen LogP contribution in [0.1, 0.15) is 5.56 Å². The predicted octanol–water partition coefficient (Wildman–Crippen LogP) is 3.84. The van der Waals surface area contributed by atoms with Gasteiger partial charge in [-0.15, -0.1) is 0 Å². The SMILES string of the molecule is Cc1ccc2nc(-c3ccccc3Cl)nc(N)c2c1. The third-order valence-corrected chi connectivity index (χ3v) is 3.33. The molecule has 4 heteroatoms. The molecular formula is C15H12ClN3. The van der Waals surface area contributed by atoms with Crippen molar-refractivity contribution in [1.29, 1.82) is 0 Å². The lowest BCUT2D eigenvalue weighted by atomic mass is 10.1. The van der Waals surface area contributed by atoms with Crippen molar-refractivity contribution in [3.63, 3.8) is 0 Å². The second kappa shape index (κ2) is 4.52. The number of benzene rings is 2. The normalized spacial score (nSPS) is 10.8. The molecule has 3 rings (SSSR count). The average molecular weight is 270 g/mol. The number of aryl methyl sites for hydroxylation is 1. The number of nitrogens with zero attached hydrogens (tertiary/aromatic N) is 2. The number of nitrogens with two attached hydrogens (primary N) is 1. The van der Waals surface area contributed by atoms with Crippen LogP contribution in [-0.2, 0) is 0 Å². The van der Waals surface area contributed by atoms with Gasteiger partial charge in [0.25, 0.3) is 0 Å². The van der Waals surface area contributed by atoms with E-state index in [4.69, 9.17) is 17.3 Å². The molecule has 0 bridgehead atoms. The summed E-state index contributed by atoms with van der Waals surface area (Å²) in [7, 11) is 0. The molecule has 0 atom stereocenters. The van der Waals surface area contributed by atoms with E-state index in [-0.39, 0.29) is 0 Å². The highest BCUT2D eigenvalue weighted by molar-refractivity contribution is 6.33. The molecule has 0 fully saturated rings. The third kappa shape index (κ3) is 2.13. The first-order chi connectivity index (χ1) is 9.15. The summed E-state index contributed by atoms with van der Waals surface area (Å²) < 4.78 is 0. The highest BCUT2D eigenvalue weighted by Crippen LogP contribution is 2.28. The van der Waals surface area contributed by atoms with E-state index in [1.807, 2.05) is 49.4 Å². The molecule has 0 amide bonds. The van der Waals surface area contributed by atoms with Crippen LogP contribution in [0.5, 0.6) is 0 Å². The predicted molar refractivity (Wildman–Crippen MR) is 79.1 cm³/mol. The van der Waals surface area contributed by atoms with Crippen LogP contribution in [0.4, 0.5) is 5.82 Å². The fourth-order valence-corrected chi connectivity index (χ4v) is 2.25. The summed E-state index contributed by atoms with van der Waals surface area (Å²) in [6, 6.07) is 13.4. The average Bonchev–Trinajstić information content (AvgIpc) is 2.40. The molecule has 0 radical (unpaired) electrons. The number of hydrogen-bond donors (Lipinski definition) is 1. The zero-order chi connectivity index (χ0) is 13.4. The van der Waals surface area contributed by atoms with Crippen molar-refractivity contribution in [1.82, 2.24) is 9.97 Å². The summed E-state index contributed by atoms with van der Waals surface area (Å²) in [5, 5.41) is 1.49. The third-order valence-electron chi connectivity index (χ3n) is 3.00. The van der Waals surface area contributed by atoms with Gasteiger partial charge in [-0.3, -0.25) is 0 Å². The standard InChI is InChI=1S/C15H12ClN3/c1-9-6-7-13-11(8-9)14(17)19-15(18-13)10-4-2-3-5-12(10)16/h2-8H,1H3,(H2,17,18,19). The van der Waals surface area contributed by atoms with Crippen LogP contribution in [0.25, 0.3) is 22.3 Å². The minimum absolute atomic E-state index is 0.476. The number of halogens is 1. The van der Waals surface area contributed by atoms with Crippen molar-refractivity contribution in [3.8, 4) is 11.4 Å². The quantitative estimate of drug-likeness (QED) is 0.730. The van der Waals surface area contributed by atoms with Gasteiger partial charge < -0.3 is 5.73 Å². The highest BCUT2D eigenvalue weighted by Gasteiger charge is 2.09. The zero-order valence-electron chi connectivity index (χ0n) is 10.4. The van der Waals surface area contributed by atoms with Crippen LogP contribution >= 0.6 is 11.6 Å². The molecule has 0 aliphatic heterocycles. The summed E-state index contributed by atoms with van der Waals surface area (Å²) in [6.45, 7) is 2.01. The summed E-state index contributed by atoms with van der Waals surface area (Å²) in [6.07, 6.45) is 0. The molecule has 3 aromatic rings. The van der Waals surface area contributed by atoms with Crippen molar-refractivity contribution < 1.29 is 0 Å². The van der Waals surface area contributed by atoms with Crippen molar-refractivity contribution in [3.05, 3.63) is 53.1 Å². The molecule has 0 saturated heterocycles. The fourth-order valence-electron chi connectivity index (χ4n) is 2.03. The van der Waals surface area contributed by atoms with Crippen LogP contribution in [0.2, 0.25) is 5.02 Å². The van der Waals surface area contributed by atoms with Crippen LogP contribution < -0.4 is 5.73 Å². The lowest BCUT2D eigenvalue weighted by molar-refractivity contribution is 1.23. The maximum Gasteiger partial charge on any atom is 0.163 e. The molecule has 2 aromatic carbocycles. The lowest BCUT2D eigenvalue weighted by Crippen LogP contribution is -1.98. The van der Waals surface area contributed by atoms with Crippen molar-refractivity contribution >= 4 is 28.3 Å². The summed E-state index contributed by atoms with van der Waals surface area (Å²) in [4.78, 5) is 8.89. The molecular weight excluding hydrogens is 258 g/mol. The van der Waals surface area contributed by atoms with Gasteiger partial charge in [0.15, 0.2) is 5.82 Å².